The molecular formula is C14H19N5O4. The first-order valence-corrected chi connectivity index (χ1v) is 7.40. The predicted molar refractivity (Wildman–Crippen MR) is 82.2 cm³/mol. The molecule has 0 spiro atoms. The standard InChI is InChI=1S/C14H19N5O4/c1-9-6-18(4-5-23-9)10(20)7-19-8-15-12-11(19)13(21)17(3)14(22)16(12)2/h8-9H,4-7H2,1-3H3. The van der Waals surface area contributed by atoms with Gasteiger partial charge < -0.3 is 14.2 Å². The Bertz CT molecular complexity index is 878. The Morgan fingerprint density at radius 1 is 1.35 bits per heavy atom. The number of fused-ring (bicyclic) bond motifs is 1. The van der Waals surface area contributed by atoms with Gasteiger partial charge in [0.1, 0.15) is 6.54 Å². The normalized spacial score (nSPS) is 18.6. The number of morpholine rings is 1. The Morgan fingerprint density at radius 2 is 2.09 bits per heavy atom. The number of nitrogens with zero attached hydrogens (tertiary/aromatic N) is 5. The molecule has 9 nitrogen and oxygen atoms in total. The van der Waals surface area contributed by atoms with Gasteiger partial charge in [-0.2, -0.15) is 0 Å². The van der Waals surface area contributed by atoms with Crippen LogP contribution in [0.1, 0.15) is 6.92 Å². The molecule has 9 heteroatoms. The van der Waals surface area contributed by atoms with Gasteiger partial charge in [0.05, 0.1) is 19.0 Å². The number of carbonyl (C=O) groups is 1. The second kappa shape index (κ2) is 5.65. The van der Waals surface area contributed by atoms with Gasteiger partial charge in [-0.1, -0.05) is 0 Å². The quantitative estimate of drug-likeness (QED) is 0.684. The van der Waals surface area contributed by atoms with Gasteiger partial charge in [-0.3, -0.25) is 18.7 Å². The highest BCUT2D eigenvalue weighted by atomic mass is 16.5. The molecule has 2 aromatic heterocycles. The highest BCUT2D eigenvalue weighted by Gasteiger charge is 2.23. The minimum Gasteiger partial charge on any atom is -0.375 e. The zero-order valence-corrected chi connectivity index (χ0v) is 13.4. The average Bonchev–Trinajstić information content (AvgIpc) is 2.94. The highest BCUT2D eigenvalue weighted by Crippen LogP contribution is 2.09. The van der Waals surface area contributed by atoms with Crippen molar-refractivity contribution in [1.29, 1.82) is 0 Å². The van der Waals surface area contributed by atoms with Crippen molar-refractivity contribution < 1.29 is 9.53 Å². The van der Waals surface area contributed by atoms with E-state index in [1.165, 1.54) is 22.5 Å². The lowest BCUT2D eigenvalue weighted by atomic mass is 10.3. The second-order valence-electron chi connectivity index (χ2n) is 5.77. The van der Waals surface area contributed by atoms with E-state index >= 15 is 0 Å². The lowest BCUT2D eigenvalue weighted by molar-refractivity contribution is -0.138. The van der Waals surface area contributed by atoms with E-state index in [4.69, 9.17) is 4.74 Å². The van der Waals surface area contributed by atoms with Gasteiger partial charge in [-0.25, -0.2) is 9.78 Å². The predicted octanol–water partition coefficient (Wildman–Crippen LogP) is -1.32. The first-order valence-electron chi connectivity index (χ1n) is 7.40. The molecule has 1 aliphatic heterocycles. The van der Waals surface area contributed by atoms with E-state index in [0.29, 0.717) is 19.7 Å². The molecule has 0 N–H and O–H groups in total. The maximum Gasteiger partial charge on any atom is 0.332 e. The Labute approximate surface area is 131 Å². The summed E-state index contributed by atoms with van der Waals surface area (Å²) in [5, 5.41) is 0. The number of rotatable bonds is 2. The Balaban J connectivity index is 1.97. The van der Waals surface area contributed by atoms with Crippen LogP contribution in [0.4, 0.5) is 0 Å². The van der Waals surface area contributed by atoms with Gasteiger partial charge in [-0.05, 0) is 6.92 Å². The van der Waals surface area contributed by atoms with Gasteiger partial charge >= 0.3 is 5.69 Å². The second-order valence-corrected chi connectivity index (χ2v) is 5.77. The number of aryl methyl sites for hydroxylation is 1. The van der Waals surface area contributed by atoms with Crippen LogP contribution in [0.25, 0.3) is 11.2 Å². The summed E-state index contributed by atoms with van der Waals surface area (Å²) in [6.07, 6.45) is 1.42. The SMILES string of the molecule is CC1CN(C(=O)Cn2cnc3c2c(=O)n(C)c(=O)n3C)CCO1. The molecule has 3 heterocycles. The van der Waals surface area contributed by atoms with E-state index < -0.39 is 11.2 Å². The summed E-state index contributed by atoms with van der Waals surface area (Å²) in [6, 6.07) is 0. The van der Waals surface area contributed by atoms with Crippen LogP contribution in [0.15, 0.2) is 15.9 Å². The summed E-state index contributed by atoms with van der Waals surface area (Å²) in [4.78, 5) is 42.5. The van der Waals surface area contributed by atoms with Crippen LogP contribution in [0.3, 0.4) is 0 Å². The van der Waals surface area contributed by atoms with Crippen LogP contribution >= 0.6 is 0 Å². The van der Waals surface area contributed by atoms with Crippen LogP contribution in [0, 0.1) is 0 Å². The minimum absolute atomic E-state index is 0.000854. The third kappa shape index (κ3) is 2.56. The van der Waals surface area contributed by atoms with Crippen molar-refractivity contribution in [2.24, 2.45) is 14.1 Å². The largest absolute Gasteiger partial charge is 0.375 e. The molecule has 0 aliphatic carbocycles. The number of aromatic nitrogens is 4. The van der Waals surface area contributed by atoms with E-state index in [1.807, 2.05) is 6.92 Å². The smallest absolute Gasteiger partial charge is 0.332 e. The van der Waals surface area contributed by atoms with E-state index in [0.717, 1.165) is 4.57 Å². The van der Waals surface area contributed by atoms with Crippen molar-refractivity contribution in [3.63, 3.8) is 0 Å². The number of carbonyl (C=O) groups excluding carboxylic acids is 1. The van der Waals surface area contributed by atoms with Crippen LogP contribution in [0.2, 0.25) is 0 Å². The molecule has 23 heavy (non-hydrogen) atoms. The molecule has 0 saturated carbocycles. The monoisotopic (exact) mass is 321 g/mol. The maximum atomic E-state index is 12.4. The molecule has 1 atom stereocenters. The fourth-order valence-corrected chi connectivity index (χ4v) is 2.81. The first-order chi connectivity index (χ1) is 10.9. The first kappa shape index (κ1) is 15.5. The molecule has 1 unspecified atom stereocenters. The van der Waals surface area contributed by atoms with Crippen LogP contribution in [0.5, 0.6) is 0 Å². The highest BCUT2D eigenvalue weighted by molar-refractivity contribution is 5.79. The number of imidazole rings is 1. The van der Waals surface area contributed by atoms with Crippen LogP contribution in [-0.4, -0.2) is 55.3 Å². The molecule has 0 aromatic carbocycles. The van der Waals surface area contributed by atoms with Crippen LogP contribution in [-0.2, 0) is 30.2 Å². The third-order valence-corrected chi connectivity index (χ3v) is 4.12. The fraction of sp³-hybridized carbons (Fsp3) is 0.571. The minimum atomic E-state index is -0.455. The lowest BCUT2D eigenvalue weighted by Gasteiger charge is -2.31. The van der Waals surface area contributed by atoms with Crippen molar-refractivity contribution in [3.8, 4) is 0 Å². The van der Waals surface area contributed by atoms with E-state index in [9.17, 15) is 14.4 Å². The van der Waals surface area contributed by atoms with Gasteiger partial charge in [-0.15, -0.1) is 0 Å². The van der Waals surface area contributed by atoms with Crippen molar-refractivity contribution in [1.82, 2.24) is 23.6 Å². The fourth-order valence-electron chi connectivity index (χ4n) is 2.81. The summed E-state index contributed by atoms with van der Waals surface area (Å²) in [5.41, 5.74) is -0.365. The third-order valence-electron chi connectivity index (χ3n) is 4.12. The van der Waals surface area contributed by atoms with E-state index in [1.54, 1.807) is 11.9 Å². The van der Waals surface area contributed by atoms with Gasteiger partial charge in [0.15, 0.2) is 11.2 Å². The topological polar surface area (TPSA) is 91.4 Å². The Morgan fingerprint density at radius 3 is 2.78 bits per heavy atom. The zero-order chi connectivity index (χ0) is 16.7. The Kier molecular flexibility index (Phi) is 3.80. The molecule has 124 valence electrons. The van der Waals surface area contributed by atoms with Crippen molar-refractivity contribution in [2.75, 3.05) is 19.7 Å². The molecule has 1 fully saturated rings. The molecule has 2 aromatic rings. The summed E-state index contributed by atoms with van der Waals surface area (Å²) >= 11 is 0. The molecule has 1 saturated heterocycles. The van der Waals surface area contributed by atoms with E-state index in [-0.39, 0.29) is 29.7 Å². The van der Waals surface area contributed by atoms with Crippen molar-refractivity contribution >= 4 is 17.1 Å². The summed E-state index contributed by atoms with van der Waals surface area (Å²) in [5.74, 6) is -0.102. The number of hydrogen-bond acceptors (Lipinski definition) is 5. The van der Waals surface area contributed by atoms with Crippen molar-refractivity contribution in [3.05, 3.63) is 27.2 Å². The molecule has 0 radical (unpaired) electrons. The summed E-state index contributed by atoms with van der Waals surface area (Å²) in [6.45, 7) is 3.50. The molecule has 1 amide bonds. The molecular weight excluding hydrogens is 302 g/mol. The molecule has 3 rings (SSSR count). The summed E-state index contributed by atoms with van der Waals surface area (Å²) in [7, 11) is 2.96. The Hall–Kier alpha value is -2.42. The maximum absolute atomic E-state index is 12.4. The van der Waals surface area contributed by atoms with Gasteiger partial charge in [0, 0.05) is 27.2 Å². The number of ether oxygens (including phenoxy) is 1. The van der Waals surface area contributed by atoms with Gasteiger partial charge in [0.2, 0.25) is 5.91 Å². The van der Waals surface area contributed by atoms with Gasteiger partial charge in [0.25, 0.3) is 5.56 Å². The zero-order valence-electron chi connectivity index (χ0n) is 13.4. The van der Waals surface area contributed by atoms with Crippen molar-refractivity contribution in [2.45, 2.75) is 19.6 Å². The number of amides is 1. The number of hydrogen-bond donors (Lipinski definition) is 0. The molecule has 0 bridgehead atoms. The molecule has 1 aliphatic rings. The van der Waals surface area contributed by atoms with E-state index in [2.05, 4.69) is 4.98 Å². The lowest BCUT2D eigenvalue weighted by Crippen LogP contribution is -2.46. The summed E-state index contributed by atoms with van der Waals surface area (Å²) < 4.78 is 9.24. The average molecular weight is 321 g/mol. The van der Waals surface area contributed by atoms with Crippen LogP contribution < -0.4 is 11.2 Å².